The summed E-state index contributed by atoms with van der Waals surface area (Å²) >= 11 is 11.1. The van der Waals surface area contributed by atoms with E-state index in [1.807, 2.05) is 0 Å². The number of benzene rings is 2. The van der Waals surface area contributed by atoms with Crippen LogP contribution in [0.2, 0.25) is 10.0 Å². The summed E-state index contributed by atoms with van der Waals surface area (Å²) in [4.78, 5) is -0.531. The zero-order valence-corrected chi connectivity index (χ0v) is 12.0. The van der Waals surface area contributed by atoms with E-state index < -0.39 is 26.6 Å². The molecule has 2 aromatic carbocycles. The summed E-state index contributed by atoms with van der Waals surface area (Å²) < 4.78 is 52.8. The molecule has 2 aromatic rings. The average Bonchev–Trinajstić information content (AvgIpc) is 2.35. The van der Waals surface area contributed by atoms with Gasteiger partial charge in [0.05, 0.1) is 15.7 Å². The van der Waals surface area contributed by atoms with Crippen molar-refractivity contribution in [3.63, 3.8) is 0 Å². The Bertz CT molecular complexity index is 743. The van der Waals surface area contributed by atoms with Gasteiger partial charge in [0.25, 0.3) is 10.0 Å². The third kappa shape index (κ3) is 3.03. The van der Waals surface area contributed by atoms with Gasteiger partial charge in [-0.25, -0.2) is 17.2 Å². The minimum Gasteiger partial charge on any atom is -0.279 e. The predicted octanol–water partition coefficient (Wildman–Crippen LogP) is 4.07. The van der Waals surface area contributed by atoms with Crippen LogP contribution in [0.5, 0.6) is 0 Å². The van der Waals surface area contributed by atoms with Crippen molar-refractivity contribution in [1.29, 1.82) is 0 Å². The van der Waals surface area contributed by atoms with E-state index in [2.05, 4.69) is 4.72 Å². The second-order valence-electron chi connectivity index (χ2n) is 3.79. The van der Waals surface area contributed by atoms with Crippen molar-refractivity contribution in [2.24, 2.45) is 0 Å². The van der Waals surface area contributed by atoms with Gasteiger partial charge in [0.2, 0.25) is 0 Å². The Morgan fingerprint density at radius 1 is 1.00 bits per heavy atom. The van der Waals surface area contributed by atoms with Gasteiger partial charge in [0.15, 0.2) is 5.82 Å². The second-order valence-corrected chi connectivity index (χ2v) is 6.26. The molecule has 0 saturated heterocycles. The minimum atomic E-state index is -4.16. The molecule has 20 heavy (non-hydrogen) atoms. The summed E-state index contributed by atoms with van der Waals surface area (Å²) in [6.07, 6.45) is 0. The van der Waals surface area contributed by atoms with Gasteiger partial charge in [-0.1, -0.05) is 35.3 Å². The molecule has 1 N–H and O–H groups in total. The van der Waals surface area contributed by atoms with Gasteiger partial charge in [-0.2, -0.15) is 0 Å². The third-order valence-electron chi connectivity index (χ3n) is 2.36. The summed E-state index contributed by atoms with van der Waals surface area (Å²) in [5.41, 5.74) is -0.0651. The standard InChI is InChI=1S/C12H7Cl2F2NO2S/c13-8-5-7(6-9(14)12(8)16)17-20(18,19)11-4-2-1-3-10(11)15/h1-6,17H. The first-order chi connectivity index (χ1) is 9.31. The van der Waals surface area contributed by atoms with Crippen LogP contribution in [0.3, 0.4) is 0 Å². The molecule has 0 aliphatic carbocycles. The van der Waals surface area contributed by atoms with Gasteiger partial charge in [0, 0.05) is 0 Å². The van der Waals surface area contributed by atoms with E-state index in [0.29, 0.717) is 0 Å². The van der Waals surface area contributed by atoms with E-state index in [0.717, 1.165) is 24.3 Å². The largest absolute Gasteiger partial charge is 0.279 e. The molecule has 0 heterocycles. The first kappa shape index (κ1) is 15.0. The zero-order valence-electron chi connectivity index (χ0n) is 9.70. The summed E-state index contributed by atoms with van der Waals surface area (Å²) in [5.74, 6) is -1.76. The van der Waals surface area contributed by atoms with E-state index in [9.17, 15) is 17.2 Å². The molecule has 8 heteroatoms. The Hall–Kier alpha value is -1.37. The lowest BCUT2D eigenvalue weighted by molar-refractivity contribution is 0.570. The highest BCUT2D eigenvalue weighted by atomic mass is 35.5. The van der Waals surface area contributed by atoms with Crippen LogP contribution in [0.1, 0.15) is 0 Å². The Labute approximate surface area is 124 Å². The van der Waals surface area contributed by atoms with Gasteiger partial charge >= 0.3 is 0 Å². The highest BCUT2D eigenvalue weighted by Crippen LogP contribution is 2.28. The smallest absolute Gasteiger partial charge is 0.264 e. The van der Waals surface area contributed by atoms with Crippen LogP contribution in [0.4, 0.5) is 14.5 Å². The molecule has 3 nitrogen and oxygen atoms in total. The number of halogens is 4. The van der Waals surface area contributed by atoms with Gasteiger partial charge in [0.1, 0.15) is 10.7 Å². The maximum absolute atomic E-state index is 13.5. The molecule has 106 valence electrons. The van der Waals surface area contributed by atoms with Crippen LogP contribution >= 0.6 is 23.2 Å². The van der Waals surface area contributed by atoms with Crippen molar-refractivity contribution in [3.05, 3.63) is 58.1 Å². The normalized spacial score (nSPS) is 11.4. The van der Waals surface area contributed by atoms with Crippen molar-refractivity contribution in [1.82, 2.24) is 0 Å². The molecule has 0 amide bonds. The number of rotatable bonds is 3. The Balaban J connectivity index is 2.42. The quantitative estimate of drug-likeness (QED) is 0.858. The van der Waals surface area contributed by atoms with E-state index in [1.54, 1.807) is 0 Å². The molecule has 0 atom stereocenters. The molecule has 0 bridgehead atoms. The number of hydrogen-bond acceptors (Lipinski definition) is 2. The molecule has 0 aliphatic rings. The average molecular weight is 338 g/mol. The molecule has 0 spiro atoms. The van der Waals surface area contributed by atoms with Crippen molar-refractivity contribution in [3.8, 4) is 0 Å². The van der Waals surface area contributed by atoms with Crippen LogP contribution in [0.25, 0.3) is 0 Å². The monoisotopic (exact) mass is 337 g/mol. The molecule has 0 aliphatic heterocycles. The molecule has 0 saturated carbocycles. The summed E-state index contributed by atoms with van der Waals surface area (Å²) in [6.45, 7) is 0. The molecule has 0 fully saturated rings. The maximum atomic E-state index is 13.5. The lowest BCUT2D eigenvalue weighted by atomic mass is 10.3. The first-order valence-electron chi connectivity index (χ1n) is 5.23. The van der Waals surface area contributed by atoms with Crippen LogP contribution in [-0.2, 0) is 10.0 Å². The fourth-order valence-electron chi connectivity index (χ4n) is 1.49. The first-order valence-corrected chi connectivity index (χ1v) is 7.47. The highest BCUT2D eigenvalue weighted by Gasteiger charge is 2.19. The molecular weight excluding hydrogens is 331 g/mol. The molecule has 0 unspecified atom stereocenters. The van der Waals surface area contributed by atoms with Crippen LogP contribution in [0, 0.1) is 11.6 Å². The predicted molar refractivity (Wildman–Crippen MR) is 73.6 cm³/mol. The van der Waals surface area contributed by atoms with Gasteiger partial charge in [-0.3, -0.25) is 4.72 Å². The molecule has 0 aromatic heterocycles. The SMILES string of the molecule is O=S(=O)(Nc1cc(Cl)c(F)c(Cl)c1)c1ccccc1F. The molecular formula is C12H7Cl2F2NO2S. The Morgan fingerprint density at radius 2 is 1.55 bits per heavy atom. The Morgan fingerprint density at radius 3 is 2.10 bits per heavy atom. The van der Waals surface area contributed by atoms with E-state index in [-0.39, 0.29) is 15.7 Å². The second kappa shape index (κ2) is 5.55. The van der Waals surface area contributed by atoms with Gasteiger partial charge < -0.3 is 0 Å². The van der Waals surface area contributed by atoms with Gasteiger partial charge in [-0.05, 0) is 24.3 Å². The zero-order chi connectivity index (χ0) is 14.9. The molecule has 2 rings (SSSR count). The van der Waals surface area contributed by atoms with E-state index in [4.69, 9.17) is 23.2 Å². The summed E-state index contributed by atoms with van der Waals surface area (Å²) in [7, 11) is -4.16. The molecule has 0 radical (unpaired) electrons. The minimum absolute atomic E-state index is 0.0651. The van der Waals surface area contributed by atoms with Crippen LogP contribution in [-0.4, -0.2) is 8.42 Å². The highest BCUT2D eigenvalue weighted by molar-refractivity contribution is 7.92. The fourth-order valence-corrected chi connectivity index (χ4v) is 3.09. The third-order valence-corrected chi connectivity index (χ3v) is 4.33. The van der Waals surface area contributed by atoms with Crippen molar-refractivity contribution in [2.75, 3.05) is 4.72 Å². The van der Waals surface area contributed by atoms with Crippen LogP contribution in [0.15, 0.2) is 41.3 Å². The number of hydrogen-bond donors (Lipinski definition) is 1. The lowest BCUT2D eigenvalue weighted by Gasteiger charge is -2.10. The topological polar surface area (TPSA) is 46.2 Å². The lowest BCUT2D eigenvalue weighted by Crippen LogP contribution is -2.14. The van der Waals surface area contributed by atoms with Gasteiger partial charge in [-0.15, -0.1) is 0 Å². The Kier molecular flexibility index (Phi) is 4.17. The van der Waals surface area contributed by atoms with Crippen LogP contribution < -0.4 is 4.72 Å². The number of nitrogens with one attached hydrogen (secondary N) is 1. The summed E-state index contributed by atoms with van der Waals surface area (Å²) in [5, 5.41) is -0.688. The maximum Gasteiger partial charge on any atom is 0.264 e. The number of sulfonamides is 1. The number of anilines is 1. The van der Waals surface area contributed by atoms with Crippen molar-refractivity contribution >= 4 is 38.9 Å². The fraction of sp³-hybridized carbons (Fsp3) is 0. The van der Waals surface area contributed by atoms with Crippen molar-refractivity contribution in [2.45, 2.75) is 4.90 Å². The summed E-state index contributed by atoms with van der Waals surface area (Å²) in [6, 6.07) is 6.94. The van der Waals surface area contributed by atoms with Crippen molar-refractivity contribution < 1.29 is 17.2 Å². The van der Waals surface area contributed by atoms with E-state index in [1.165, 1.54) is 12.1 Å². The van der Waals surface area contributed by atoms with E-state index >= 15 is 0 Å².